The molecule has 98 valence electrons. The van der Waals surface area contributed by atoms with Crippen molar-refractivity contribution in [2.24, 2.45) is 0 Å². The third kappa shape index (κ3) is 2.70. The van der Waals surface area contributed by atoms with Gasteiger partial charge in [0.25, 0.3) is 5.91 Å². The van der Waals surface area contributed by atoms with Gasteiger partial charge in [-0.05, 0) is 31.2 Å². The number of nitrogens with one attached hydrogen (secondary N) is 1. The van der Waals surface area contributed by atoms with E-state index in [1.165, 1.54) is 6.07 Å². The van der Waals surface area contributed by atoms with Gasteiger partial charge >= 0.3 is 0 Å². The molecular formula is C14H12F2N2O. The van der Waals surface area contributed by atoms with Crippen LogP contribution in [0.2, 0.25) is 0 Å². The van der Waals surface area contributed by atoms with Gasteiger partial charge in [0.15, 0.2) is 11.6 Å². The van der Waals surface area contributed by atoms with E-state index in [9.17, 15) is 13.6 Å². The molecule has 2 aromatic carbocycles. The molecule has 0 aromatic heterocycles. The minimum atomic E-state index is -1.17. The van der Waals surface area contributed by atoms with Gasteiger partial charge in [-0.25, -0.2) is 8.78 Å². The molecule has 0 heterocycles. The lowest BCUT2D eigenvalue weighted by molar-refractivity contribution is 0.102. The smallest absolute Gasteiger partial charge is 0.255 e. The van der Waals surface area contributed by atoms with Gasteiger partial charge in [-0.1, -0.05) is 17.7 Å². The summed E-state index contributed by atoms with van der Waals surface area (Å²) in [7, 11) is 0. The highest BCUT2D eigenvalue weighted by Gasteiger charge is 2.13. The number of nitrogens with two attached hydrogens (primary N) is 1. The SMILES string of the molecule is Cc1ccc(C(=O)Nc2ccc(F)c(F)c2N)cc1. The van der Waals surface area contributed by atoms with Gasteiger partial charge in [0.05, 0.1) is 11.4 Å². The summed E-state index contributed by atoms with van der Waals surface area (Å²) >= 11 is 0. The molecule has 0 fully saturated rings. The quantitative estimate of drug-likeness (QED) is 0.817. The Bertz CT molecular complexity index is 624. The fraction of sp³-hybridized carbons (Fsp3) is 0.0714. The molecule has 0 radical (unpaired) electrons. The van der Waals surface area contributed by atoms with Crippen LogP contribution in [0, 0.1) is 18.6 Å². The lowest BCUT2D eigenvalue weighted by Gasteiger charge is -2.09. The molecule has 0 atom stereocenters. The van der Waals surface area contributed by atoms with Crippen molar-refractivity contribution < 1.29 is 13.6 Å². The molecule has 5 heteroatoms. The molecule has 19 heavy (non-hydrogen) atoms. The zero-order valence-electron chi connectivity index (χ0n) is 10.2. The zero-order chi connectivity index (χ0) is 14.0. The molecule has 0 aliphatic rings. The second-order valence-electron chi connectivity index (χ2n) is 4.14. The van der Waals surface area contributed by atoms with E-state index in [2.05, 4.69) is 5.32 Å². The van der Waals surface area contributed by atoms with Crippen LogP contribution >= 0.6 is 0 Å². The molecule has 0 saturated heterocycles. The van der Waals surface area contributed by atoms with Crippen molar-refractivity contribution in [1.29, 1.82) is 0 Å². The minimum absolute atomic E-state index is 0.0458. The maximum absolute atomic E-state index is 13.2. The number of hydrogen-bond donors (Lipinski definition) is 2. The van der Waals surface area contributed by atoms with Crippen LogP contribution in [-0.2, 0) is 0 Å². The summed E-state index contributed by atoms with van der Waals surface area (Å²) in [6.07, 6.45) is 0. The fourth-order valence-electron chi connectivity index (χ4n) is 1.57. The first kappa shape index (κ1) is 13.0. The van der Waals surface area contributed by atoms with Crippen LogP contribution in [0.15, 0.2) is 36.4 Å². The highest BCUT2D eigenvalue weighted by molar-refractivity contribution is 6.05. The third-order valence-electron chi connectivity index (χ3n) is 2.69. The Morgan fingerprint density at radius 2 is 1.74 bits per heavy atom. The summed E-state index contributed by atoms with van der Waals surface area (Å²) in [6.45, 7) is 1.90. The van der Waals surface area contributed by atoms with Crippen molar-refractivity contribution in [2.75, 3.05) is 11.1 Å². The standard InChI is InChI=1S/C14H12F2N2O/c1-8-2-4-9(5-3-8)14(19)18-11-7-6-10(15)12(16)13(11)17/h2-7H,17H2,1H3,(H,18,19). The van der Waals surface area contributed by atoms with Crippen molar-refractivity contribution in [3.63, 3.8) is 0 Å². The number of carbonyl (C=O) groups is 1. The summed E-state index contributed by atoms with van der Waals surface area (Å²) in [5.74, 6) is -2.65. The predicted molar refractivity (Wildman–Crippen MR) is 69.9 cm³/mol. The molecule has 2 aromatic rings. The van der Waals surface area contributed by atoms with Crippen molar-refractivity contribution >= 4 is 17.3 Å². The van der Waals surface area contributed by atoms with E-state index in [0.717, 1.165) is 11.6 Å². The molecule has 0 bridgehead atoms. The molecule has 0 aliphatic heterocycles. The van der Waals surface area contributed by atoms with Crippen molar-refractivity contribution in [2.45, 2.75) is 6.92 Å². The normalized spacial score (nSPS) is 10.3. The lowest BCUT2D eigenvalue weighted by Crippen LogP contribution is -2.14. The highest BCUT2D eigenvalue weighted by Crippen LogP contribution is 2.24. The second-order valence-corrected chi connectivity index (χ2v) is 4.14. The topological polar surface area (TPSA) is 55.1 Å². The first-order valence-electron chi connectivity index (χ1n) is 5.60. The summed E-state index contributed by atoms with van der Waals surface area (Å²) in [5.41, 5.74) is 6.46. The minimum Gasteiger partial charge on any atom is -0.395 e. The summed E-state index contributed by atoms with van der Waals surface area (Å²) in [5, 5.41) is 2.44. The molecule has 1 amide bonds. The van der Waals surface area contributed by atoms with Crippen LogP contribution in [0.4, 0.5) is 20.2 Å². The Morgan fingerprint density at radius 1 is 1.11 bits per heavy atom. The van der Waals surface area contributed by atoms with E-state index < -0.39 is 23.2 Å². The van der Waals surface area contributed by atoms with Gasteiger partial charge in [-0.2, -0.15) is 0 Å². The van der Waals surface area contributed by atoms with Gasteiger partial charge in [0.2, 0.25) is 0 Å². The average Bonchev–Trinajstić information content (AvgIpc) is 2.40. The monoisotopic (exact) mass is 262 g/mol. The Morgan fingerprint density at radius 3 is 2.37 bits per heavy atom. The molecule has 0 unspecified atom stereocenters. The Labute approximate surface area is 109 Å². The van der Waals surface area contributed by atoms with Gasteiger partial charge in [0, 0.05) is 5.56 Å². The van der Waals surface area contributed by atoms with E-state index in [0.29, 0.717) is 5.56 Å². The molecule has 0 spiro atoms. The number of halogens is 2. The van der Waals surface area contributed by atoms with Crippen molar-refractivity contribution in [1.82, 2.24) is 0 Å². The predicted octanol–water partition coefficient (Wildman–Crippen LogP) is 3.11. The Balaban J connectivity index is 2.24. The van der Waals surface area contributed by atoms with E-state index in [4.69, 9.17) is 5.73 Å². The number of amides is 1. The van der Waals surface area contributed by atoms with Crippen LogP contribution in [0.1, 0.15) is 15.9 Å². The first-order chi connectivity index (χ1) is 8.99. The number of rotatable bonds is 2. The summed E-state index contributed by atoms with van der Waals surface area (Å²) in [6, 6.07) is 8.98. The van der Waals surface area contributed by atoms with E-state index in [-0.39, 0.29) is 5.69 Å². The highest BCUT2D eigenvalue weighted by atomic mass is 19.2. The van der Waals surface area contributed by atoms with Gasteiger partial charge in [0.1, 0.15) is 0 Å². The van der Waals surface area contributed by atoms with Gasteiger partial charge < -0.3 is 11.1 Å². The molecular weight excluding hydrogens is 250 g/mol. The van der Waals surface area contributed by atoms with Gasteiger partial charge in [-0.15, -0.1) is 0 Å². The van der Waals surface area contributed by atoms with E-state index in [1.54, 1.807) is 24.3 Å². The van der Waals surface area contributed by atoms with E-state index in [1.807, 2.05) is 6.92 Å². The van der Waals surface area contributed by atoms with Gasteiger partial charge in [-0.3, -0.25) is 4.79 Å². The number of hydrogen-bond acceptors (Lipinski definition) is 2. The van der Waals surface area contributed by atoms with Crippen LogP contribution in [-0.4, -0.2) is 5.91 Å². The van der Waals surface area contributed by atoms with Crippen LogP contribution in [0.5, 0.6) is 0 Å². The maximum atomic E-state index is 13.2. The largest absolute Gasteiger partial charge is 0.395 e. The van der Waals surface area contributed by atoms with E-state index >= 15 is 0 Å². The molecule has 3 N–H and O–H groups in total. The Hall–Kier alpha value is -2.43. The third-order valence-corrected chi connectivity index (χ3v) is 2.69. The maximum Gasteiger partial charge on any atom is 0.255 e. The second kappa shape index (κ2) is 5.06. The number of carbonyl (C=O) groups excluding carboxylic acids is 1. The van der Waals surface area contributed by atoms with Crippen molar-refractivity contribution in [3.8, 4) is 0 Å². The number of anilines is 2. The fourth-order valence-corrected chi connectivity index (χ4v) is 1.57. The zero-order valence-corrected chi connectivity index (χ0v) is 10.2. The molecule has 3 nitrogen and oxygen atoms in total. The number of nitrogen functional groups attached to an aromatic ring is 1. The summed E-state index contributed by atoms with van der Waals surface area (Å²) < 4.78 is 26.1. The molecule has 2 rings (SSSR count). The number of aryl methyl sites for hydroxylation is 1. The molecule has 0 aliphatic carbocycles. The number of benzene rings is 2. The van der Waals surface area contributed by atoms with Crippen LogP contribution in [0.25, 0.3) is 0 Å². The molecule has 0 saturated carbocycles. The Kier molecular flexibility index (Phi) is 3.46. The van der Waals surface area contributed by atoms with Crippen LogP contribution in [0.3, 0.4) is 0 Å². The average molecular weight is 262 g/mol. The van der Waals surface area contributed by atoms with Crippen LogP contribution < -0.4 is 11.1 Å². The first-order valence-corrected chi connectivity index (χ1v) is 5.60. The van der Waals surface area contributed by atoms with Crippen molar-refractivity contribution in [3.05, 3.63) is 59.2 Å². The summed E-state index contributed by atoms with van der Waals surface area (Å²) in [4.78, 5) is 11.9. The lowest BCUT2D eigenvalue weighted by atomic mass is 10.1.